The molecule has 4 saturated carbocycles. The van der Waals surface area contributed by atoms with Crippen molar-refractivity contribution >= 4 is 5.97 Å². The minimum absolute atomic E-state index is 0.0389. The smallest absolute Gasteiger partial charge is 0.312 e. The SMILES string of the molecule is C=C[C@]1(O)CC[C@]2(C)[C@H]3CC=C4[C@@H]5[C@@H](C)[C@H](C)CC[C@]5(C(=O)OC)CC[C@@]4(C)[C@]3(C)CC[C@H]2[C@@H]1C. The molecule has 4 fully saturated rings. The predicted molar refractivity (Wildman–Crippen MR) is 142 cm³/mol. The van der Waals surface area contributed by atoms with Crippen LogP contribution in [0, 0.1) is 57.2 Å². The fraction of sp³-hybridized carbons (Fsp3) is 0.844. The van der Waals surface area contributed by atoms with E-state index < -0.39 is 5.60 Å². The highest BCUT2D eigenvalue weighted by molar-refractivity contribution is 5.78. The summed E-state index contributed by atoms with van der Waals surface area (Å²) in [6, 6.07) is 0. The van der Waals surface area contributed by atoms with E-state index in [1.807, 2.05) is 6.08 Å². The van der Waals surface area contributed by atoms with E-state index in [0.717, 1.165) is 44.9 Å². The molecule has 0 spiro atoms. The van der Waals surface area contributed by atoms with Crippen LogP contribution in [0.3, 0.4) is 0 Å². The van der Waals surface area contributed by atoms with E-state index in [1.54, 1.807) is 12.7 Å². The summed E-state index contributed by atoms with van der Waals surface area (Å²) in [6.45, 7) is 18.8. The molecule has 0 aromatic heterocycles. The topological polar surface area (TPSA) is 46.5 Å². The molecule has 3 nitrogen and oxygen atoms in total. The van der Waals surface area contributed by atoms with E-state index in [0.29, 0.717) is 29.6 Å². The summed E-state index contributed by atoms with van der Waals surface area (Å²) in [7, 11) is 1.59. The average Bonchev–Trinajstić information content (AvgIpc) is 2.84. The van der Waals surface area contributed by atoms with Crippen molar-refractivity contribution in [1.29, 1.82) is 0 Å². The van der Waals surface area contributed by atoms with Crippen LogP contribution in [0.5, 0.6) is 0 Å². The number of hydrogen-bond acceptors (Lipinski definition) is 3. The van der Waals surface area contributed by atoms with E-state index in [9.17, 15) is 9.90 Å². The summed E-state index contributed by atoms with van der Waals surface area (Å²) in [5.74, 6) is 2.87. The molecule has 5 aliphatic carbocycles. The van der Waals surface area contributed by atoms with Gasteiger partial charge in [-0.3, -0.25) is 4.79 Å². The standard InChI is InChI=1S/C32H50O3/c1-9-32(34)19-16-28(5)23(22(32)4)13-14-30(7)25(28)11-10-24-26-21(3)20(2)12-15-31(26,27(33)35-8)18-17-29(24,30)6/h9-10,20-23,25-26,34H,1,11-19H2,2-8H3/t20-,21+,22+,23+,25-,26+,28+,29-,30-,31+,32+/m1/s1. The molecule has 35 heavy (non-hydrogen) atoms. The van der Waals surface area contributed by atoms with Crippen LogP contribution in [0.1, 0.15) is 99.3 Å². The summed E-state index contributed by atoms with van der Waals surface area (Å²) in [6.07, 6.45) is 14.0. The molecule has 0 amide bonds. The molecule has 196 valence electrons. The number of hydrogen-bond donors (Lipinski definition) is 1. The zero-order chi connectivity index (χ0) is 25.6. The quantitative estimate of drug-likeness (QED) is 0.331. The lowest BCUT2D eigenvalue weighted by Crippen LogP contribution is -2.65. The molecule has 0 unspecified atom stereocenters. The second kappa shape index (κ2) is 7.95. The Kier molecular flexibility index (Phi) is 5.81. The van der Waals surface area contributed by atoms with Gasteiger partial charge in [0.25, 0.3) is 0 Å². The van der Waals surface area contributed by atoms with Crippen LogP contribution in [0.25, 0.3) is 0 Å². The Hall–Kier alpha value is -1.09. The average molecular weight is 483 g/mol. The Bertz CT molecular complexity index is 937. The summed E-state index contributed by atoms with van der Waals surface area (Å²) in [5, 5.41) is 11.3. The molecule has 1 N–H and O–H groups in total. The van der Waals surface area contributed by atoms with Gasteiger partial charge in [0.2, 0.25) is 0 Å². The zero-order valence-electron chi connectivity index (χ0n) is 23.5. The van der Waals surface area contributed by atoms with Gasteiger partial charge < -0.3 is 9.84 Å². The Morgan fingerprint density at radius 3 is 2.43 bits per heavy atom. The number of methoxy groups -OCH3 is 1. The van der Waals surface area contributed by atoms with Gasteiger partial charge in [0, 0.05) is 0 Å². The Balaban J connectivity index is 1.59. The molecule has 3 heteroatoms. The third-order valence-corrected chi connectivity index (χ3v) is 13.7. The number of esters is 1. The highest BCUT2D eigenvalue weighted by atomic mass is 16.5. The minimum Gasteiger partial charge on any atom is -0.469 e. The number of rotatable bonds is 2. The van der Waals surface area contributed by atoms with E-state index >= 15 is 0 Å². The van der Waals surface area contributed by atoms with Crippen molar-refractivity contribution in [2.75, 3.05) is 7.11 Å². The molecular weight excluding hydrogens is 432 g/mol. The van der Waals surface area contributed by atoms with Crippen LogP contribution < -0.4 is 0 Å². The molecule has 0 aromatic rings. The third-order valence-electron chi connectivity index (χ3n) is 13.7. The first-order valence-electron chi connectivity index (χ1n) is 14.5. The van der Waals surface area contributed by atoms with Crippen molar-refractivity contribution in [1.82, 2.24) is 0 Å². The first kappa shape index (κ1) is 25.6. The maximum atomic E-state index is 13.4. The molecule has 0 radical (unpaired) electrons. The number of allylic oxidation sites excluding steroid dienone is 2. The summed E-state index contributed by atoms with van der Waals surface area (Å²) in [4.78, 5) is 13.4. The molecule has 0 saturated heterocycles. The normalized spacial score (nSPS) is 55.4. The summed E-state index contributed by atoms with van der Waals surface area (Å²) >= 11 is 0. The van der Waals surface area contributed by atoms with Gasteiger partial charge in [0.15, 0.2) is 0 Å². The Morgan fingerprint density at radius 1 is 1.06 bits per heavy atom. The minimum atomic E-state index is -0.726. The largest absolute Gasteiger partial charge is 0.469 e. The molecule has 5 aliphatic rings. The molecule has 11 atom stereocenters. The molecule has 0 heterocycles. The fourth-order valence-electron chi connectivity index (χ4n) is 11.0. The van der Waals surface area contributed by atoms with Gasteiger partial charge in [-0.05, 0) is 110 Å². The molecule has 0 aliphatic heterocycles. The van der Waals surface area contributed by atoms with Crippen LogP contribution in [0.4, 0.5) is 0 Å². The van der Waals surface area contributed by atoms with Crippen LogP contribution in [0.2, 0.25) is 0 Å². The second-order valence-electron chi connectivity index (χ2n) is 14.3. The number of carbonyl (C=O) groups is 1. The van der Waals surface area contributed by atoms with Crippen LogP contribution >= 0.6 is 0 Å². The van der Waals surface area contributed by atoms with E-state index in [1.165, 1.54) is 12.8 Å². The van der Waals surface area contributed by atoms with Crippen molar-refractivity contribution in [3.8, 4) is 0 Å². The highest BCUT2D eigenvalue weighted by Gasteiger charge is 2.69. The van der Waals surface area contributed by atoms with E-state index in [2.05, 4.69) is 54.2 Å². The first-order valence-corrected chi connectivity index (χ1v) is 14.5. The fourth-order valence-corrected chi connectivity index (χ4v) is 11.0. The van der Waals surface area contributed by atoms with Gasteiger partial charge in [0.05, 0.1) is 18.1 Å². The summed E-state index contributed by atoms with van der Waals surface area (Å²) in [5.41, 5.74) is 1.10. The van der Waals surface area contributed by atoms with Crippen molar-refractivity contribution < 1.29 is 14.6 Å². The maximum Gasteiger partial charge on any atom is 0.312 e. The number of ether oxygens (including phenoxy) is 1. The van der Waals surface area contributed by atoms with Gasteiger partial charge in [-0.15, -0.1) is 6.58 Å². The van der Waals surface area contributed by atoms with Crippen LogP contribution in [0.15, 0.2) is 24.3 Å². The van der Waals surface area contributed by atoms with Gasteiger partial charge in [-0.1, -0.05) is 59.3 Å². The first-order chi connectivity index (χ1) is 16.3. The van der Waals surface area contributed by atoms with E-state index in [-0.39, 0.29) is 33.5 Å². The van der Waals surface area contributed by atoms with Crippen molar-refractivity contribution in [3.63, 3.8) is 0 Å². The number of aliphatic hydroxyl groups is 1. The lowest BCUT2D eigenvalue weighted by molar-refractivity contribution is -0.198. The van der Waals surface area contributed by atoms with Crippen LogP contribution in [-0.4, -0.2) is 23.8 Å². The molecule has 5 rings (SSSR count). The van der Waals surface area contributed by atoms with Gasteiger partial charge >= 0.3 is 5.97 Å². The number of carbonyl (C=O) groups excluding carboxylic acids is 1. The predicted octanol–water partition coefficient (Wildman–Crippen LogP) is 7.34. The zero-order valence-corrected chi connectivity index (χ0v) is 23.5. The second-order valence-corrected chi connectivity index (χ2v) is 14.3. The Labute approximate surface area is 214 Å². The molecular formula is C32H50O3. The molecule has 0 bridgehead atoms. The maximum absolute atomic E-state index is 13.4. The van der Waals surface area contributed by atoms with Crippen molar-refractivity contribution in [2.24, 2.45) is 57.2 Å². The number of fused-ring (bicyclic) bond motifs is 7. The Morgan fingerprint density at radius 2 is 1.77 bits per heavy atom. The lowest BCUT2D eigenvalue weighted by atomic mass is 9.34. The monoisotopic (exact) mass is 482 g/mol. The van der Waals surface area contributed by atoms with Gasteiger partial charge in [-0.2, -0.15) is 0 Å². The summed E-state index contributed by atoms with van der Waals surface area (Å²) < 4.78 is 5.51. The highest BCUT2D eigenvalue weighted by Crippen LogP contribution is 2.75. The van der Waals surface area contributed by atoms with Gasteiger partial charge in [0.1, 0.15) is 0 Å². The lowest BCUT2D eigenvalue weighted by Gasteiger charge is -2.70. The van der Waals surface area contributed by atoms with Crippen LogP contribution in [-0.2, 0) is 9.53 Å². The van der Waals surface area contributed by atoms with Crippen molar-refractivity contribution in [3.05, 3.63) is 24.3 Å². The van der Waals surface area contributed by atoms with E-state index in [4.69, 9.17) is 4.74 Å². The third kappa shape index (κ3) is 3.03. The van der Waals surface area contributed by atoms with Gasteiger partial charge in [-0.25, -0.2) is 0 Å². The molecule has 0 aromatic carbocycles. The van der Waals surface area contributed by atoms with Crippen molar-refractivity contribution in [2.45, 2.75) is 105 Å².